The second kappa shape index (κ2) is 8.60. The molecule has 0 aliphatic carbocycles. The van der Waals surface area contributed by atoms with E-state index in [1.54, 1.807) is 0 Å². The molecule has 0 heterocycles. The molecule has 1 aromatic rings. The molecule has 1 rings (SSSR count). The van der Waals surface area contributed by atoms with E-state index in [-0.39, 0.29) is 25.5 Å². The van der Waals surface area contributed by atoms with E-state index >= 15 is 0 Å². The topological polar surface area (TPSA) is 72.8 Å². The third kappa shape index (κ3) is 7.21. The molecule has 0 bridgehead atoms. The van der Waals surface area contributed by atoms with Crippen molar-refractivity contribution in [2.45, 2.75) is 13.3 Å². The molecule has 1 N–H and O–H groups in total. The molecule has 23 heavy (non-hydrogen) atoms. The number of carbonyl (C=O) groups excluding carboxylic acids is 2. The van der Waals surface area contributed by atoms with Crippen molar-refractivity contribution >= 4 is 36.4 Å². The average Bonchev–Trinajstić information content (AvgIpc) is 2.35. The molecule has 0 amide bonds. The van der Waals surface area contributed by atoms with Crippen molar-refractivity contribution in [3.8, 4) is 5.75 Å². The molecule has 122 valence electrons. The van der Waals surface area contributed by atoms with Crippen LogP contribution in [0.4, 0.5) is 17.6 Å². The summed E-state index contributed by atoms with van der Waals surface area (Å²) in [5, 5.41) is 9.58. The van der Waals surface area contributed by atoms with E-state index in [0.717, 1.165) is 0 Å². The van der Waals surface area contributed by atoms with Crippen LogP contribution in [0.25, 0.3) is 5.76 Å². The van der Waals surface area contributed by atoms with Gasteiger partial charge in [0.2, 0.25) is 0 Å². The molecule has 0 spiro atoms. The Kier molecular flexibility index (Phi) is 7.86. The number of ether oxygens (including phenoxy) is 2. The Morgan fingerprint density at radius 2 is 1.87 bits per heavy atom. The summed E-state index contributed by atoms with van der Waals surface area (Å²) < 4.78 is 57.3. The van der Waals surface area contributed by atoms with Crippen molar-refractivity contribution < 1.29 is 41.7 Å². The van der Waals surface area contributed by atoms with Crippen LogP contribution in [0, 0.1) is 5.82 Å². The van der Waals surface area contributed by atoms with Gasteiger partial charge >= 0.3 is 31.2 Å². The van der Waals surface area contributed by atoms with Crippen LogP contribution in [0.2, 0.25) is 0 Å². The number of alkyl halides is 3. The Balaban J connectivity index is 0.00000484. The average molecular weight is 330 g/mol. The molecule has 10 heteroatoms. The SMILES string of the molecule is CCOC(=O)C(=O)C=C(O)c1cc(F)cc(OC(F)(F)F)c1.[LiH]. The Hall–Kier alpha value is -1.98. The Labute approximate surface area is 140 Å². The van der Waals surface area contributed by atoms with Crippen LogP contribution in [0.5, 0.6) is 5.75 Å². The molecule has 0 fully saturated rings. The first kappa shape index (κ1) is 21.0. The second-order valence-electron chi connectivity index (χ2n) is 3.84. The van der Waals surface area contributed by atoms with Crippen LogP contribution < -0.4 is 4.74 Å². The molecule has 0 atom stereocenters. The molecular weight excluding hydrogens is 319 g/mol. The van der Waals surface area contributed by atoms with Crippen molar-refractivity contribution in [1.29, 1.82) is 0 Å². The molecule has 0 aliphatic heterocycles. The Bertz CT molecular complexity index is 613. The van der Waals surface area contributed by atoms with Gasteiger partial charge in [-0.2, -0.15) is 0 Å². The van der Waals surface area contributed by atoms with Crippen molar-refractivity contribution in [2.75, 3.05) is 6.61 Å². The molecule has 0 saturated carbocycles. The zero-order chi connectivity index (χ0) is 16.9. The van der Waals surface area contributed by atoms with E-state index < -0.39 is 41.0 Å². The van der Waals surface area contributed by atoms with E-state index in [2.05, 4.69) is 9.47 Å². The van der Waals surface area contributed by atoms with Crippen LogP contribution >= 0.6 is 0 Å². The number of rotatable bonds is 5. The van der Waals surface area contributed by atoms with E-state index in [1.807, 2.05) is 0 Å². The number of hydrogen-bond donors (Lipinski definition) is 1. The second-order valence-corrected chi connectivity index (χ2v) is 3.84. The van der Waals surface area contributed by atoms with Crippen LogP contribution in [-0.2, 0) is 14.3 Å². The molecule has 0 aliphatic rings. The number of hydrogen-bond acceptors (Lipinski definition) is 5. The zero-order valence-electron chi connectivity index (χ0n) is 11.1. The molecule has 0 radical (unpaired) electrons. The van der Waals surface area contributed by atoms with E-state index in [1.165, 1.54) is 6.92 Å². The summed E-state index contributed by atoms with van der Waals surface area (Å²) in [4.78, 5) is 22.4. The summed E-state index contributed by atoms with van der Waals surface area (Å²) in [7, 11) is 0. The minimum absolute atomic E-state index is 0. The fourth-order valence-electron chi connectivity index (χ4n) is 1.37. The summed E-state index contributed by atoms with van der Waals surface area (Å²) in [5.41, 5.74) is -0.475. The maximum absolute atomic E-state index is 13.2. The van der Waals surface area contributed by atoms with Gasteiger partial charge < -0.3 is 14.6 Å². The fraction of sp³-hybridized carbons (Fsp3) is 0.231. The quantitative estimate of drug-likeness (QED) is 0.224. The van der Waals surface area contributed by atoms with Gasteiger partial charge in [0, 0.05) is 17.7 Å². The number of carbonyl (C=O) groups is 2. The van der Waals surface area contributed by atoms with Gasteiger partial charge in [-0.1, -0.05) is 0 Å². The summed E-state index contributed by atoms with van der Waals surface area (Å²) in [6.45, 7) is 1.37. The zero-order valence-corrected chi connectivity index (χ0v) is 11.1. The van der Waals surface area contributed by atoms with Crippen molar-refractivity contribution in [3.05, 3.63) is 35.7 Å². The molecule has 0 aromatic heterocycles. The first-order valence-electron chi connectivity index (χ1n) is 5.81. The number of benzene rings is 1. The number of halogens is 4. The Morgan fingerprint density at radius 1 is 1.26 bits per heavy atom. The van der Waals surface area contributed by atoms with Gasteiger partial charge in [-0.25, -0.2) is 9.18 Å². The number of aliphatic hydroxyl groups excluding tert-OH is 1. The standard InChI is InChI=1S/C13H10F4O5.Li.H/c1-2-21-12(20)11(19)6-10(18)7-3-8(14)5-9(4-7)22-13(15,16)17;;/h3-6,18H,2H2,1H3;;. The van der Waals surface area contributed by atoms with Crippen molar-refractivity contribution in [3.63, 3.8) is 0 Å². The van der Waals surface area contributed by atoms with Gasteiger partial charge in [-0.15, -0.1) is 13.2 Å². The monoisotopic (exact) mass is 330 g/mol. The summed E-state index contributed by atoms with van der Waals surface area (Å²) >= 11 is 0. The maximum atomic E-state index is 13.2. The number of ketones is 1. The van der Waals surface area contributed by atoms with Gasteiger partial charge in [-0.05, 0) is 19.1 Å². The summed E-state index contributed by atoms with van der Waals surface area (Å²) in [5.74, 6) is -5.49. The van der Waals surface area contributed by atoms with Crippen LogP contribution in [0.1, 0.15) is 12.5 Å². The van der Waals surface area contributed by atoms with Gasteiger partial charge in [0.25, 0.3) is 5.78 Å². The van der Waals surface area contributed by atoms with Gasteiger partial charge in [0.15, 0.2) is 0 Å². The third-order valence-electron chi connectivity index (χ3n) is 2.15. The first-order chi connectivity index (χ1) is 10.1. The predicted molar refractivity (Wildman–Crippen MR) is 72.5 cm³/mol. The first-order valence-corrected chi connectivity index (χ1v) is 5.81. The normalized spacial score (nSPS) is 11.4. The predicted octanol–water partition coefficient (Wildman–Crippen LogP) is 2.11. The van der Waals surface area contributed by atoms with E-state index in [4.69, 9.17) is 0 Å². The van der Waals surface area contributed by atoms with Crippen LogP contribution in [-0.4, -0.2) is 48.7 Å². The molecule has 1 aromatic carbocycles. The third-order valence-corrected chi connectivity index (χ3v) is 2.15. The summed E-state index contributed by atoms with van der Waals surface area (Å²) in [6.07, 6.45) is -4.64. The fourth-order valence-corrected chi connectivity index (χ4v) is 1.37. The molecule has 0 unspecified atom stereocenters. The van der Waals surface area contributed by atoms with Gasteiger partial charge in [0.1, 0.15) is 17.3 Å². The number of esters is 1. The van der Waals surface area contributed by atoms with Gasteiger partial charge in [-0.3, -0.25) is 4.79 Å². The van der Waals surface area contributed by atoms with E-state index in [9.17, 15) is 32.3 Å². The van der Waals surface area contributed by atoms with Crippen LogP contribution in [0.3, 0.4) is 0 Å². The van der Waals surface area contributed by atoms with E-state index in [0.29, 0.717) is 24.3 Å². The van der Waals surface area contributed by atoms with Gasteiger partial charge in [0.05, 0.1) is 6.61 Å². The summed E-state index contributed by atoms with van der Waals surface area (Å²) in [6, 6.07) is 1.76. The molecular formula is C13H11F4LiO5. The molecule has 0 saturated heterocycles. The molecule has 5 nitrogen and oxygen atoms in total. The number of aliphatic hydroxyl groups is 1. The van der Waals surface area contributed by atoms with Crippen molar-refractivity contribution in [1.82, 2.24) is 0 Å². The Morgan fingerprint density at radius 3 is 2.39 bits per heavy atom. The van der Waals surface area contributed by atoms with Crippen LogP contribution in [0.15, 0.2) is 24.3 Å². The minimum atomic E-state index is -5.05. The van der Waals surface area contributed by atoms with Crippen molar-refractivity contribution in [2.24, 2.45) is 0 Å².